The van der Waals surface area contributed by atoms with Crippen molar-refractivity contribution < 1.29 is 17.9 Å². The molecule has 3 aromatic rings. The number of sulfonamides is 1. The Morgan fingerprint density at radius 2 is 1.73 bits per heavy atom. The van der Waals surface area contributed by atoms with Gasteiger partial charge < -0.3 is 4.74 Å². The summed E-state index contributed by atoms with van der Waals surface area (Å²) >= 11 is 15.9. The predicted octanol–water partition coefficient (Wildman–Crippen LogP) is 5.39. The van der Waals surface area contributed by atoms with Gasteiger partial charge in [0, 0.05) is 41.1 Å². The number of benzene rings is 2. The molecule has 1 fully saturated rings. The minimum Gasteiger partial charge on any atom is -0.381 e. The van der Waals surface area contributed by atoms with Crippen LogP contribution in [0.25, 0.3) is 0 Å². The van der Waals surface area contributed by atoms with Gasteiger partial charge in [-0.05, 0) is 55.7 Å². The van der Waals surface area contributed by atoms with Crippen LogP contribution in [0.4, 0.5) is 11.6 Å². The maximum atomic E-state index is 14.1. The van der Waals surface area contributed by atoms with Crippen molar-refractivity contribution in [3.05, 3.63) is 68.7 Å². The number of fused-ring (bicyclic) bond motifs is 1. The van der Waals surface area contributed by atoms with Gasteiger partial charge in [-0.15, -0.1) is 0 Å². The number of carbonyl (C=O) groups excluding carboxylic acids is 1. The van der Waals surface area contributed by atoms with Crippen LogP contribution in [0.2, 0.25) is 10.0 Å². The van der Waals surface area contributed by atoms with Gasteiger partial charge in [-0.25, -0.2) is 18.3 Å². The Morgan fingerprint density at radius 1 is 1.11 bits per heavy atom. The first-order chi connectivity index (χ1) is 17.5. The van der Waals surface area contributed by atoms with Crippen molar-refractivity contribution in [3.8, 4) is 0 Å². The topological polar surface area (TPSA) is 84.7 Å². The highest BCUT2D eigenvalue weighted by molar-refractivity contribution is 9.10. The first kappa shape index (κ1) is 26.6. The summed E-state index contributed by atoms with van der Waals surface area (Å²) in [4.78, 5) is 20.0. The number of piperidine rings is 1. The number of amides is 1. The maximum Gasteiger partial charge on any atom is 0.260 e. The first-order valence-electron chi connectivity index (χ1n) is 11.7. The van der Waals surface area contributed by atoms with Crippen LogP contribution in [0.15, 0.2) is 58.2 Å². The van der Waals surface area contributed by atoms with E-state index in [0.29, 0.717) is 41.7 Å². The Hall–Kier alpha value is -1.95. The molecular formula is C25H25BrCl2N4O4S. The highest BCUT2D eigenvalue weighted by atomic mass is 79.9. The molecule has 196 valence electrons. The van der Waals surface area contributed by atoms with E-state index >= 15 is 0 Å². The number of halogens is 3. The highest BCUT2D eigenvalue weighted by Crippen LogP contribution is 2.45. The summed E-state index contributed by atoms with van der Waals surface area (Å²) in [6.45, 7) is 2.39. The second-order valence-electron chi connectivity index (χ2n) is 9.42. The van der Waals surface area contributed by atoms with Crippen LogP contribution in [0, 0.1) is 0 Å². The van der Waals surface area contributed by atoms with Crippen molar-refractivity contribution in [1.29, 1.82) is 0 Å². The van der Waals surface area contributed by atoms with Gasteiger partial charge in [-0.1, -0.05) is 51.3 Å². The van der Waals surface area contributed by atoms with Crippen LogP contribution in [-0.4, -0.2) is 54.5 Å². The molecule has 0 saturated carbocycles. The van der Waals surface area contributed by atoms with E-state index in [1.165, 1.54) is 15.4 Å². The Morgan fingerprint density at radius 3 is 2.32 bits per heavy atom. The second-order valence-corrected chi connectivity index (χ2v) is 13.1. The Bertz CT molecular complexity index is 1440. The van der Waals surface area contributed by atoms with E-state index in [1.807, 2.05) is 24.3 Å². The van der Waals surface area contributed by atoms with Crippen LogP contribution in [0.5, 0.6) is 0 Å². The summed E-state index contributed by atoms with van der Waals surface area (Å²) < 4.78 is 37.1. The smallest absolute Gasteiger partial charge is 0.260 e. The number of hydrogen-bond acceptors (Lipinski definition) is 5. The zero-order valence-corrected chi connectivity index (χ0v) is 24.1. The van der Waals surface area contributed by atoms with E-state index in [2.05, 4.69) is 20.9 Å². The summed E-state index contributed by atoms with van der Waals surface area (Å²) in [5, 5.41) is 0.675. The monoisotopic (exact) mass is 626 g/mol. The van der Waals surface area contributed by atoms with E-state index in [4.69, 9.17) is 27.9 Å². The van der Waals surface area contributed by atoms with Crippen molar-refractivity contribution >= 4 is 66.7 Å². The van der Waals surface area contributed by atoms with Crippen LogP contribution in [0.1, 0.15) is 25.3 Å². The average molecular weight is 628 g/mol. The molecule has 0 spiro atoms. The van der Waals surface area contributed by atoms with Gasteiger partial charge >= 0.3 is 0 Å². The molecule has 12 heteroatoms. The summed E-state index contributed by atoms with van der Waals surface area (Å²) in [6, 6.07) is 12.4. The fraction of sp³-hybridized carbons (Fsp3) is 0.360. The average Bonchev–Trinajstić information content (AvgIpc) is 3.39. The normalized spacial score (nSPS) is 21.0. The Kier molecular flexibility index (Phi) is 7.19. The van der Waals surface area contributed by atoms with Crippen molar-refractivity contribution in [1.82, 2.24) is 13.9 Å². The largest absolute Gasteiger partial charge is 0.381 e. The molecule has 1 aromatic heterocycles. The molecule has 8 nitrogen and oxygen atoms in total. The van der Waals surface area contributed by atoms with Gasteiger partial charge in [-0.2, -0.15) is 4.31 Å². The molecule has 2 aliphatic rings. The van der Waals surface area contributed by atoms with Crippen LogP contribution in [-0.2, 0) is 31.5 Å². The molecule has 1 amide bonds. The molecule has 2 aliphatic heterocycles. The predicted molar refractivity (Wildman–Crippen MR) is 146 cm³/mol. The van der Waals surface area contributed by atoms with Crippen molar-refractivity contribution in [2.45, 2.75) is 42.9 Å². The standard InChI is InChI=1S/C25H25BrCl2N4O4S/c1-25(14-16-3-5-17(26)6-4-16)23(33)31(20-12-18(27)11-19(28)13-20)24-29-15-22(32(24)25)37(34,35)30-9-7-21(36-2)8-10-30/h3-6,11-13,15,21H,7-10,14H2,1-2H3. The summed E-state index contributed by atoms with van der Waals surface area (Å²) in [7, 11) is -2.32. The van der Waals surface area contributed by atoms with Crippen LogP contribution < -0.4 is 4.90 Å². The molecule has 1 unspecified atom stereocenters. The number of ether oxygens (including phenoxy) is 1. The van der Waals surface area contributed by atoms with Crippen molar-refractivity contribution in [2.75, 3.05) is 25.1 Å². The molecule has 1 saturated heterocycles. The highest BCUT2D eigenvalue weighted by Gasteiger charge is 2.52. The minimum absolute atomic E-state index is 0.0231. The van der Waals surface area contributed by atoms with Gasteiger partial charge in [0.15, 0.2) is 5.03 Å². The number of anilines is 2. The van der Waals surface area contributed by atoms with E-state index in [-0.39, 0.29) is 29.4 Å². The third kappa shape index (κ3) is 4.72. The van der Waals surface area contributed by atoms with E-state index in [9.17, 15) is 13.2 Å². The van der Waals surface area contributed by atoms with Crippen molar-refractivity contribution in [3.63, 3.8) is 0 Å². The van der Waals surface area contributed by atoms with E-state index in [1.54, 1.807) is 36.8 Å². The molecular weight excluding hydrogens is 603 g/mol. The van der Waals surface area contributed by atoms with Gasteiger partial charge in [0.05, 0.1) is 18.0 Å². The summed E-state index contributed by atoms with van der Waals surface area (Å²) in [5.74, 6) is -0.125. The molecule has 5 rings (SSSR count). The minimum atomic E-state index is -3.95. The number of nitrogens with zero attached hydrogens (tertiary/aromatic N) is 4. The number of aromatic nitrogens is 2. The van der Waals surface area contributed by atoms with Gasteiger partial charge in [0.1, 0.15) is 5.54 Å². The van der Waals surface area contributed by atoms with E-state index in [0.717, 1.165) is 10.0 Å². The lowest BCUT2D eigenvalue weighted by atomic mass is 9.92. The third-order valence-corrected chi connectivity index (χ3v) is 9.80. The fourth-order valence-electron chi connectivity index (χ4n) is 5.05. The van der Waals surface area contributed by atoms with Gasteiger partial charge in [0.25, 0.3) is 15.9 Å². The molecule has 0 bridgehead atoms. The molecule has 3 heterocycles. The third-order valence-electron chi connectivity index (χ3n) is 6.97. The quantitative estimate of drug-likeness (QED) is 0.366. The first-order valence-corrected chi connectivity index (χ1v) is 14.7. The SMILES string of the molecule is COC1CCN(S(=O)(=O)c2cnc3n2C(C)(Cc2ccc(Br)cc2)C(=O)N3c2cc(Cl)cc(Cl)c2)CC1. The number of carbonyl (C=O) groups is 1. The zero-order valence-electron chi connectivity index (χ0n) is 20.2. The molecule has 37 heavy (non-hydrogen) atoms. The molecule has 0 radical (unpaired) electrons. The van der Waals surface area contributed by atoms with Crippen LogP contribution >= 0.6 is 39.1 Å². The Balaban J connectivity index is 1.64. The summed E-state index contributed by atoms with van der Waals surface area (Å²) in [6.07, 6.45) is 2.80. The van der Waals surface area contributed by atoms with E-state index < -0.39 is 15.6 Å². The zero-order chi connectivity index (χ0) is 26.5. The number of methoxy groups -OCH3 is 1. The fourth-order valence-corrected chi connectivity index (χ4v) is 7.49. The number of rotatable bonds is 6. The van der Waals surface area contributed by atoms with Crippen molar-refractivity contribution in [2.24, 2.45) is 0 Å². The second kappa shape index (κ2) is 9.98. The molecule has 0 N–H and O–H groups in total. The molecule has 0 aliphatic carbocycles. The van der Waals surface area contributed by atoms with Gasteiger partial charge in [-0.3, -0.25) is 9.36 Å². The lowest BCUT2D eigenvalue weighted by Crippen LogP contribution is -2.45. The molecule has 1 atom stereocenters. The van der Waals surface area contributed by atoms with Gasteiger partial charge in [0.2, 0.25) is 5.95 Å². The lowest BCUT2D eigenvalue weighted by molar-refractivity contribution is -0.124. The molecule has 2 aromatic carbocycles. The summed E-state index contributed by atoms with van der Waals surface area (Å²) in [5.41, 5.74) is 0.00880. The van der Waals surface area contributed by atoms with Crippen LogP contribution in [0.3, 0.4) is 0 Å². The maximum absolute atomic E-state index is 14.1. The Labute approximate surface area is 234 Å². The number of imidazole rings is 1. The number of hydrogen-bond donors (Lipinski definition) is 0. The lowest BCUT2D eigenvalue weighted by Gasteiger charge is -2.32.